The minimum absolute atomic E-state index is 0.0672. The Balaban J connectivity index is 1.91. The van der Waals surface area contributed by atoms with E-state index < -0.39 is 0 Å². The average molecular weight is 311 g/mol. The molecule has 98 valence electrons. The van der Waals surface area contributed by atoms with E-state index in [1.807, 2.05) is 12.1 Å². The fourth-order valence-corrected chi connectivity index (χ4v) is 2.96. The standard InChI is InChI=1S/C14H19BrN2O/c1-2-10-5-7-11(8-6-10)17-14(18)13-12(15)4-3-9-16-13/h3-4,9-11H,2,5-8H2,1H3,(H,17,18). The number of pyridine rings is 1. The van der Waals surface area contributed by atoms with Gasteiger partial charge in [-0.3, -0.25) is 4.79 Å². The molecule has 1 fully saturated rings. The van der Waals surface area contributed by atoms with Crippen molar-refractivity contribution in [1.82, 2.24) is 10.3 Å². The molecule has 0 bridgehead atoms. The topological polar surface area (TPSA) is 42.0 Å². The molecule has 1 heterocycles. The van der Waals surface area contributed by atoms with Gasteiger partial charge in [0.2, 0.25) is 0 Å². The van der Waals surface area contributed by atoms with Crippen LogP contribution < -0.4 is 5.32 Å². The van der Waals surface area contributed by atoms with Crippen molar-refractivity contribution >= 4 is 21.8 Å². The highest BCUT2D eigenvalue weighted by molar-refractivity contribution is 9.10. The van der Waals surface area contributed by atoms with Crippen LogP contribution in [0.4, 0.5) is 0 Å². The van der Waals surface area contributed by atoms with E-state index in [2.05, 4.69) is 33.2 Å². The SMILES string of the molecule is CCC1CCC(NC(=O)c2ncccc2Br)CC1. The van der Waals surface area contributed by atoms with Crippen LogP contribution in [0.2, 0.25) is 0 Å². The van der Waals surface area contributed by atoms with E-state index in [1.165, 1.54) is 19.3 Å². The fraction of sp³-hybridized carbons (Fsp3) is 0.571. The van der Waals surface area contributed by atoms with Crippen LogP contribution in [0, 0.1) is 5.92 Å². The van der Waals surface area contributed by atoms with Gasteiger partial charge in [0.25, 0.3) is 5.91 Å². The second-order valence-corrected chi connectivity index (χ2v) is 5.79. The molecule has 0 atom stereocenters. The van der Waals surface area contributed by atoms with Gasteiger partial charge in [-0.05, 0) is 59.7 Å². The molecule has 1 aromatic heterocycles. The second-order valence-electron chi connectivity index (χ2n) is 4.93. The molecular formula is C14H19BrN2O. The summed E-state index contributed by atoms with van der Waals surface area (Å²) in [6, 6.07) is 3.97. The third-order valence-electron chi connectivity index (χ3n) is 3.73. The van der Waals surface area contributed by atoms with Gasteiger partial charge in [-0.2, -0.15) is 0 Å². The fourth-order valence-electron chi connectivity index (χ4n) is 2.52. The molecule has 0 unspecified atom stereocenters. The first-order chi connectivity index (χ1) is 8.70. The Morgan fingerprint density at radius 2 is 2.17 bits per heavy atom. The van der Waals surface area contributed by atoms with Crippen molar-refractivity contribution in [1.29, 1.82) is 0 Å². The van der Waals surface area contributed by atoms with Crippen LogP contribution in [0.3, 0.4) is 0 Å². The number of carbonyl (C=O) groups excluding carboxylic acids is 1. The molecule has 1 amide bonds. The summed E-state index contributed by atoms with van der Waals surface area (Å²) in [5, 5.41) is 3.09. The van der Waals surface area contributed by atoms with E-state index in [0.717, 1.165) is 23.2 Å². The largest absolute Gasteiger partial charge is 0.348 e. The zero-order valence-electron chi connectivity index (χ0n) is 10.7. The minimum Gasteiger partial charge on any atom is -0.348 e. The van der Waals surface area contributed by atoms with E-state index in [0.29, 0.717) is 11.7 Å². The Bertz CT molecular complexity index is 414. The Morgan fingerprint density at radius 1 is 1.44 bits per heavy atom. The molecular weight excluding hydrogens is 292 g/mol. The van der Waals surface area contributed by atoms with Crippen molar-refractivity contribution in [3.05, 3.63) is 28.5 Å². The Labute approximate surface area is 117 Å². The van der Waals surface area contributed by atoms with Crippen LogP contribution >= 0.6 is 15.9 Å². The van der Waals surface area contributed by atoms with Gasteiger partial charge < -0.3 is 5.32 Å². The molecule has 1 aliphatic rings. The molecule has 4 heteroatoms. The Kier molecular flexibility index (Phi) is 4.75. The summed E-state index contributed by atoms with van der Waals surface area (Å²) in [7, 11) is 0. The number of carbonyl (C=O) groups is 1. The summed E-state index contributed by atoms with van der Waals surface area (Å²) in [5.74, 6) is 0.780. The molecule has 1 N–H and O–H groups in total. The third kappa shape index (κ3) is 3.31. The van der Waals surface area contributed by atoms with Gasteiger partial charge in [0, 0.05) is 16.7 Å². The predicted molar refractivity (Wildman–Crippen MR) is 75.4 cm³/mol. The summed E-state index contributed by atoms with van der Waals surface area (Å²) in [5.41, 5.74) is 0.482. The zero-order valence-corrected chi connectivity index (χ0v) is 12.2. The predicted octanol–water partition coefficient (Wildman–Crippen LogP) is 3.54. The lowest BCUT2D eigenvalue weighted by molar-refractivity contribution is 0.0915. The van der Waals surface area contributed by atoms with Gasteiger partial charge >= 0.3 is 0 Å². The Hall–Kier alpha value is -0.900. The van der Waals surface area contributed by atoms with Crippen molar-refractivity contribution in [3.8, 4) is 0 Å². The van der Waals surface area contributed by atoms with Gasteiger partial charge in [0.15, 0.2) is 0 Å². The number of amides is 1. The molecule has 1 saturated carbocycles. The van der Waals surface area contributed by atoms with Gasteiger partial charge in [-0.25, -0.2) is 4.98 Å². The number of rotatable bonds is 3. The zero-order chi connectivity index (χ0) is 13.0. The number of halogens is 1. The molecule has 0 aromatic carbocycles. The average Bonchev–Trinajstić information content (AvgIpc) is 2.40. The van der Waals surface area contributed by atoms with Crippen LogP contribution in [0.25, 0.3) is 0 Å². The summed E-state index contributed by atoms with van der Waals surface area (Å²) in [6.45, 7) is 2.24. The van der Waals surface area contributed by atoms with E-state index in [9.17, 15) is 4.79 Å². The molecule has 2 rings (SSSR count). The van der Waals surface area contributed by atoms with Gasteiger partial charge in [-0.15, -0.1) is 0 Å². The number of nitrogens with zero attached hydrogens (tertiary/aromatic N) is 1. The van der Waals surface area contributed by atoms with Crippen molar-refractivity contribution in [2.75, 3.05) is 0 Å². The molecule has 3 nitrogen and oxygen atoms in total. The normalized spacial score (nSPS) is 23.7. The summed E-state index contributed by atoms with van der Waals surface area (Å²) >= 11 is 3.36. The van der Waals surface area contributed by atoms with E-state index in [1.54, 1.807) is 6.20 Å². The lowest BCUT2D eigenvalue weighted by Crippen LogP contribution is -2.38. The number of nitrogens with one attached hydrogen (secondary N) is 1. The van der Waals surface area contributed by atoms with E-state index >= 15 is 0 Å². The maximum atomic E-state index is 12.1. The first kappa shape index (κ1) is 13.5. The third-order valence-corrected chi connectivity index (χ3v) is 4.37. The maximum Gasteiger partial charge on any atom is 0.271 e. The van der Waals surface area contributed by atoms with Crippen LogP contribution in [-0.2, 0) is 0 Å². The first-order valence-electron chi connectivity index (χ1n) is 6.62. The van der Waals surface area contributed by atoms with Crippen molar-refractivity contribution in [2.24, 2.45) is 5.92 Å². The molecule has 18 heavy (non-hydrogen) atoms. The monoisotopic (exact) mass is 310 g/mol. The van der Waals surface area contributed by atoms with Crippen molar-refractivity contribution < 1.29 is 4.79 Å². The minimum atomic E-state index is -0.0672. The van der Waals surface area contributed by atoms with Crippen LogP contribution in [-0.4, -0.2) is 16.9 Å². The van der Waals surface area contributed by atoms with Gasteiger partial charge in [-0.1, -0.05) is 13.3 Å². The van der Waals surface area contributed by atoms with Crippen molar-refractivity contribution in [3.63, 3.8) is 0 Å². The number of aromatic nitrogens is 1. The highest BCUT2D eigenvalue weighted by Crippen LogP contribution is 2.26. The van der Waals surface area contributed by atoms with E-state index in [4.69, 9.17) is 0 Å². The quantitative estimate of drug-likeness (QED) is 0.927. The molecule has 1 aromatic rings. The summed E-state index contributed by atoms with van der Waals surface area (Å²) in [6.07, 6.45) is 7.54. The molecule has 0 aliphatic heterocycles. The highest BCUT2D eigenvalue weighted by Gasteiger charge is 2.22. The molecule has 0 spiro atoms. The smallest absolute Gasteiger partial charge is 0.271 e. The number of hydrogen-bond donors (Lipinski definition) is 1. The van der Waals surface area contributed by atoms with Gasteiger partial charge in [0.05, 0.1) is 0 Å². The van der Waals surface area contributed by atoms with Crippen LogP contribution in [0.15, 0.2) is 22.8 Å². The lowest BCUT2D eigenvalue weighted by atomic mass is 9.84. The number of hydrogen-bond acceptors (Lipinski definition) is 2. The molecule has 0 radical (unpaired) electrons. The van der Waals surface area contributed by atoms with E-state index in [-0.39, 0.29) is 5.91 Å². The lowest BCUT2D eigenvalue weighted by Gasteiger charge is -2.28. The first-order valence-corrected chi connectivity index (χ1v) is 7.41. The van der Waals surface area contributed by atoms with Crippen LogP contribution in [0.1, 0.15) is 49.5 Å². The summed E-state index contributed by atoms with van der Waals surface area (Å²) in [4.78, 5) is 16.2. The highest BCUT2D eigenvalue weighted by atomic mass is 79.9. The maximum absolute atomic E-state index is 12.1. The molecule has 0 saturated heterocycles. The Morgan fingerprint density at radius 3 is 2.78 bits per heavy atom. The van der Waals surface area contributed by atoms with Crippen molar-refractivity contribution in [2.45, 2.75) is 45.1 Å². The summed E-state index contributed by atoms with van der Waals surface area (Å²) < 4.78 is 0.754. The second kappa shape index (κ2) is 6.32. The van der Waals surface area contributed by atoms with Gasteiger partial charge in [0.1, 0.15) is 5.69 Å². The van der Waals surface area contributed by atoms with Crippen LogP contribution in [0.5, 0.6) is 0 Å². The molecule has 1 aliphatic carbocycles.